The van der Waals surface area contributed by atoms with E-state index in [1.165, 1.54) is 0 Å². The van der Waals surface area contributed by atoms with Gasteiger partial charge in [0, 0.05) is 37.3 Å². The molecule has 0 aromatic heterocycles. The van der Waals surface area contributed by atoms with Gasteiger partial charge in [-0.15, -0.1) is 0 Å². The lowest BCUT2D eigenvalue weighted by atomic mass is 9.85. The Labute approximate surface area is 190 Å². The topological polar surface area (TPSA) is 73.2 Å². The molecule has 1 amide bonds. The smallest absolute Gasteiger partial charge is 0.226 e. The second kappa shape index (κ2) is 9.61. The van der Waals surface area contributed by atoms with Gasteiger partial charge in [0.25, 0.3) is 0 Å². The van der Waals surface area contributed by atoms with E-state index >= 15 is 0 Å². The summed E-state index contributed by atoms with van der Waals surface area (Å²) in [7, 11) is 1.62. The predicted octanol–water partition coefficient (Wildman–Crippen LogP) is 3.40. The van der Waals surface area contributed by atoms with Crippen LogP contribution in [0.3, 0.4) is 0 Å². The number of hydrogen-bond acceptors (Lipinski definition) is 5. The number of aliphatic hydroxyl groups excluding tert-OH is 1. The number of nitrogens with zero attached hydrogens (tertiary/aromatic N) is 2. The third-order valence-corrected chi connectivity index (χ3v) is 6.80. The SMILES string of the molecule is CCC(=O)N1CCCc2cc([C@H](O)CN3CCC[C@@](O)(c4ccccc4OC)C3)ccc21. The fraction of sp³-hybridized carbons (Fsp3) is 0.500. The zero-order chi connectivity index (χ0) is 22.7. The van der Waals surface area contributed by atoms with Crippen molar-refractivity contribution in [3.8, 4) is 5.75 Å². The normalized spacial score (nSPS) is 22.3. The largest absolute Gasteiger partial charge is 0.496 e. The molecule has 0 bridgehead atoms. The van der Waals surface area contributed by atoms with Crippen LogP contribution in [0.5, 0.6) is 5.75 Å². The molecule has 0 aliphatic carbocycles. The first-order valence-electron chi connectivity index (χ1n) is 11.6. The molecule has 4 rings (SSSR count). The Morgan fingerprint density at radius 2 is 2.00 bits per heavy atom. The first-order valence-corrected chi connectivity index (χ1v) is 11.6. The molecule has 2 N–H and O–H groups in total. The average Bonchev–Trinajstić information content (AvgIpc) is 2.82. The van der Waals surface area contributed by atoms with Crippen molar-refractivity contribution < 1.29 is 19.7 Å². The molecular weight excluding hydrogens is 404 g/mol. The summed E-state index contributed by atoms with van der Waals surface area (Å²) in [6.07, 6.45) is 3.21. The van der Waals surface area contributed by atoms with Gasteiger partial charge in [-0.2, -0.15) is 0 Å². The second-order valence-electron chi connectivity index (χ2n) is 8.98. The molecule has 2 atom stereocenters. The molecule has 2 aliphatic heterocycles. The van der Waals surface area contributed by atoms with Crippen molar-refractivity contribution in [2.45, 2.75) is 50.7 Å². The zero-order valence-electron chi connectivity index (χ0n) is 19.1. The minimum Gasteiger partial charge on any atom is -0.496 e. The number of aryl methyl sites for hydroxylation is 1. The van der Waals surface area contributed by atoms with Gasteiger partial charge in [-0.25, -0.2) is 0 Å². The minimum absolute atomic E-state index is 0.142. The van der Waals surface area contributed by atoms with Crippen LogP contribution in [-0.2, 0) is 16.8 Å². The first-order chi connectivity index (χ1) is 15.4. The van der Waals surface area contributed by atoms with Gasteiger partial charge < -0.3 is 19.8 Å². The number of piperidine rings is 1. The molecule has 2 aromatic rings. The summed E-state index contributed by atoms with van der Waals surface area (Å²) in [5.41, 5.74) is 2.76. The highest BCUT2D eigenvalue weighted by molar-refractivity contribution is 5.94. The summed E-state index contributed by atoms with van der Waals surface area (Å²) < 4.78 is 5.48. The Bertz CT molecular complexity index is 963. The Morgan fingerprint density at radius 3 is 2.78 bits per heavy atom. The lowest BCUT2D eigenvalue weighted by Crippen LogP contribution is -2.47. The maximum absolute atomic E-state index is 12.3. The zero-order valence-corrected chi connectivity index (χ0v) is 19.1. The number of para-hydroxylation sites is 1. The summed E-state index contributed by atoms with van der Waals surface area (Å²) in [5, 5.41) is 22.4. The summed E-state index contributed by atoms with van der Waals surface area (Å²) in [4.78, 5) is 16.3. The van der Waals surface area contributed by atoms with Gasteiger partial charge in [0.1, 0.15) is 11.4 Å². The number of ether oxygens (including phenoxy) is 1. The number of methoxy groups -OCH3 is 1. The highest BCUT2D eigenvalue weighted by Crippen LogP contribution is 2.37. The highest BCUT2D eigenvalue weighted by Gasteiger charge is 2.37. The van der Waals surface area contributed by atoms with Gasteiger partial charge in [0.15, 0.2) is 0 Å². The Kier molecular flexibility index (Phi) is 6.84. The molecule has 0 unspecified atom stereocenters. The van der Waals surface area contributed by atoms with Crippen LogP contribution >= 0.6 is 0 Å². The maximum atomic E-state index is 12.3. The van der Waals surface area contributed by atoms with E-state index in [2.05, 4.69) is 4.90 Å². The van der Waals surface area contributed by atoms with Crippen molar-refractivity contribution >= 4 is 11.6 Å². The lowest BCUT2D eigenvalue weighted by molar-refractivity contribution is -0.118. The molecule has 0 radical (unpaired) electrons. The van der Waals surface area contributed by atoms with Crippen LogP contribution in [0.1, 0.15) is 55.4 Å². The Hall–Kier alpha value is -2.41. The lowest BCUT2D eigenvalue weighted by Gasteiger charge is -2.40. The van der Waals surface area contributed by atoms with E-state index in [1.54, 1.807) is 7.11 Å². The monoisotopic (exact) mass is 438 g/mol. The van der Waals surface area contributed by atoms with E-state index in [0.29, 0.717) is 31.7 Å². The molecule has 172 valence electrons. The van der Waals surface area contributed by atoms with Crippen molar-refractivity contribution in [3.05, 3.63) is 59.2 Å². The van der Waals surface area contributed by atoms with Crippen molar-refractivity contribution in [2.75, 3.05) is 38.2 Å². The van der Waals surface area contributed by atoms with E-state index in [4.69, 9.17) is 4.74 Å². The molecule has 1 saturated heterocycles. The number of benzene rings is 2. The predicted molar refractivity (Wildman–Crippen MR) is 125 cm³/mol. The van der Waals surface area contributed by atoms with Gasteiger partial charge in [0.05, 0.1) is 13.2 Å². The maximum Gasteiger partial charge on any atom is 0.226 e. The van der Waals surface area contributed by atoms with E-state index in [-0.39, 0.29) is 5.91 Å². The molecule has 32 heavy (non-hydrogen) atoms. The number of likely N-dealkylation sites (tertiary alicyclic amines) is 1. The third-order valence-electron chi connectivity index (χ3n) is 6.80. The van der Waals surface area contributed by atoms with Crippen LogP contribution in [0.15, 0.2) is 42.5 Å². The number of anilines is 1. The van der Waals surface area contributed by atoms with Gasteiger partial charge in [-0.3, -0.25) is 9.69 Å². The Morgan fingerprint density at radius 1 is 1.19 bits per heavy atom. The number of carbonyl (C=O) groups is 1. The van der Waals surface area contributed by atoms with E-state index < -0.39 is 11.7 Å². The molecular formula is C26H34N2O4. The number of amides is 1. The van der Waals surface area contributed by atoms with Crippen LogP contribution in [-0.4, -0.2) is 54.3 Å². The summed E-state index contributed by atoms with van der Waals surface area (Å²) in [6.45, 7) is 4.39. The molecule has 2 aromatic carbocycles. The molecule has 2 aliphatic rings. The standard InChI is InChI=1S/C26H34N2O4/c1-3-25(30)28-15-6-8-19-16-20(11-12-22(19)28)23(29)17-27-14-7-13-26(31,18-27)21-9-4-5-10-24(21)32-2/h4-5,9-12,16,23,29,31H,3,6-8,13-15,17-18H2,1-2H3/t23-,26+/m1/s1. The quantitative estimate of drug-likeness (QED) is 0.723. The molecule has 0 spiro atoms. The van der Waals surface area contributed by atoms with E-state index in [0.717, 1.165) is 54.7 Å². The number of hydrogen-bond donors (Lipinski definition) is 2. The first kappa shape index (κ1) is 22.8. The minimum atomic E-state index is -0.999. The molecule has 1 fully saturated rings. The van der Waals surface area contributed by atoms with Gasteiger partial charge in [-0.1, -0.05) is 37.3 Å². The molecule has 6 heteroatoms. The van der Waals surface area contributed by atoms with Crippen molar-refractivity contribution in [2.24, 2.45) is 0 Å². The van der Waals surface area contributed by atoms with Crippen molar-refractivity contribution in [1.29, 1.82) is 0 Å². The summed E-state index contributed by atoms with van der Waals surface area (Å²) in [5.74, 6) is 0.835. The summed E-state index contributed by atoms with van der Waals surface area (Å²) >= 11 is 0. The van der Waals surface area contributed by atoms with Gasteiger partial charge >= 0.3 is 0 Å². The number of β-amino-alcohol motifs (C(OH)–C–C–N with tert-alkyl or cyclic N) is 2. The average molecular weight is 439 g/mol. The van der Waals surface area contributed by atoms with Gasteiger partial charge in [-0.05, 0) is 55.5 Å². The van der Waals surface area contributed by atoms with E-state index in [9.17, 15) is 15.0 Å². The number of aliphatic hydroxyl groups is 2. The fourth-order valence-corrected chi connectivity index (χ4v) is 5.15. The van der Waals surface area contributed by atoms with Crippen LogP contribution in [0, 0.1) is 0 Å². The van der Waals surface area contributed by atoms with Crippen LogP contribution in [0.25, 0.3) is 0 Å². The van der Waals surface area contributed by atoms with E-state index in [1.807, 2.05) is 54.3 Å². The number of carbonyl (C=O) groups excluding carboxylic acids is 1. The third kappa shape index (κ3) is 4.53. The molecule has 6 nitrogen and oxygen atoms in total. The number of rotatable bonds is 6. The van der Waals surface area contributed by atoms with Crippen LogP contribution in [0.2, 0.25) is 0 Å². The molecule has 0 saturated carbocycles. The molecule has 2 heterocycles. The number of fused-ring (bicyclic) bond motifs is 1. The summed E-state index contributed by atoms with van der Waals surface area (Å²) in [6, 6.07) is 13.6. The highest BCUT2D eigenvalue weighted by atomic mass is 16.5. The van der Waals surface area contributed by atoms with Crippen LogP contribution < -0.4 is 9.64 Å². The fourth-order valence-electron chi connectivity index (χ4n) is 5.15. The Balaban J connectivity index is 1.48. The van der Waals surface area contributed by atoms with Crippen molar-refractivity contribution in [1.82, 2.24) is 4.90 Å². The van der Waals surface area contributed by atoms with Crippen LogP contribution in [0.4, 0.5) is 5.69 Å². The second-order valence-corrected chi connectivity index (χ2v) is 8.98. The van der Waals surface area contributed by atoms with Crippen molar-refractivity contribution in [3.63, 3.8) is 0 Å². The van der Waals surface area contributed by atoms with Gasteiger partial charge in [0.2, 0.25) is 5.91 Å².